The lowest BCUT2D eigenvalue weighted by atomic mass is 10.2. The minimum atomic E-state index is -0.599. The van der Waals surface area contributed by atoms with E-state index in [2.05, 4.69) is 19.9 Å². The molecule has 3 heterocycles. The molecule has 1 fully saturated rings. The number of anilines is 1. The molecule has 1 aliphatic rings. The molecule has 0 N–H and O–H groups in total. The number of carbonyl (C=O) groups is 1. The molecular weight excluding hydrogens is 423 g/mol. The van der Waals surface area contributed by atoms with Crippen LogP contribution >= 0.6 is 11.6 Å². The predicted octanol–water partition coefficient (Wildman–Crippen LogP) is 4.49. The van der Waals surface area contributed by atoms with Crippen LogP contribution in [0.4, 0.5) is 10.2 Å². The number of aromatic nitrogens is 3. The van der Waals surface area contributed by atoms with Crippen molar-refractivity contribution in [2.75, 3.05) is 18.0 Å². The van der Waals surface area contributed by atoms with E-state index >= 15 is 0 Å². The Kier molecular flexibility index (Phi) is 6.27. The van der Waals surface area contributed by atoms with Crippen molar-refractivity contribution in [2.24, 2.45) is 0 Å². The van der Waals surface area contributed by atoms with Crippen LogP contribution in [0, 0.1) is 5.82 Å². The summed E-state index contributed by atoms with van der Waals surface area (Å²) < 4.78 is 25.4. The molecule has 0 spiro atoms. The minimum absolute atomic E-state index is 0.0717. The maximum Gasteiger partial charge on any atom is 0.232 e. The van der Waals surface area contributed by atoms with Gasteiger partial charge >= 0.3 is 0 Å². The van der Waals surface area contributed by atoms with E-state index < -0.39 is 5.82 Å². The van der Waals surface area contributed by atoms with Gasteiger partial charge in [-0.2, -0.15) is 0 Å². The van der Waals surface area contributed by atoms with Crippen LogP contribution in [0.15, 0.2) is 42.9 Å². The third-order valence-electron chi connectivity index (χ3n) is 4.99. The molecule has 0 bridgehead atoms. The van der Waals surface area contributed by atoms with E-state index in [1.165, 1.54) is 24.5 Å². The van der Waals surface area contributed by atoms with E-state index in [4.69, 9.17) is 21.1 Å². The molecule has 9 heteroatoms. The molecule has 0 radical (unpaired) electrons. The summed E-state index contributed by atoms with van der Waals surface area (Å²) in [5, 5.41) is 0.474. The maximum atomic E-state index is 13.6. The topological polar surface area (TPSA) is 77.4 Å². The van der Waals surface area contributed by atoms with Gasteiger partial charge in [-0.25, -0.2) is 19.3 Å². The van der Waals surface area contributed by atoms with Gasteiger partial charge in [0.2, 0.25) is 11.8 Å². The highest BCUT2D eigenvalue weighted by Gasteiger charge is 2.28. The van der Waals surface area contributed by atoms with E-state index in [1.807, 2.05) is 6.92 Å². The Hall–Kier alpha value is -3.26. The van der Waals surface area contributed by atoms with Crippen molar-refractivity contribution in [3.63, 3.8) is 0 Å². The summed E-state index contributed by atoms with van der Waals surface area (Å²) in [5.74, 6) is 1.27. The van der Waals surface area contributed by atoms with Crippen LogP contribution in [0.5, 0.6) is 17.5 Å². The molecule has 160 valence electrons. The fourth-order valence-corrected chi connectivity index (χ4v) is 3.64. The molecule has 1 atom stereocenters. The van der Waals surface area contributed by atoms with Gasteiger partial charge in [0.1, 0.15) is 34.8 Å². The van der Waals surface area contributed by atoms with Crippen molar-refractivity contribution >= 4 is 23.7 Å². The molecular formula is C22H20ClFN4O3. The molecule has 31 heavy (non-hydrogen) atoms. The molecule has 7 nitrogen and oxygen atoms in total. The van der Waals surface area contributed by atoms with Gasteiger partial charge in [0, 0.05) is 19.2 Å². The van der Waals surface area contributed by atoms with Crippen molar-refractivity contribution in [2.45, 2.75) is 25.9 Å². The number of ether oxygens (including phenoxy) is 2. The highest BCUT2D eigenvalue weighted by Crippen LogP contribution is 2.32. The fourth-order valence-electron chi connectivity index (χ4n) is 3.48. The molecule has 0 saturated carbocycles. The van der Waals surface area contributed by atoms with Crippen LogP contribution in [0.3, 0.4) is 0 Å². The Morgan fingerprint density at radius 2 is 2.13 bits per heavy atom. The van der Waals surface area contributed by atoms with E-state index in [0.717, 1.165) is 24.3 Å². The molecule has 0 aliphatic carbocycles. The van der Waals surface area contributed by atoms with Gasteiger partial charge in [-0.3, -0.25) is 4.79 Å². The van der Waals surface area contributed by atoms with E-state index in [9.17, 15) is 9.18 Å². The number of rotatable bonds is 7. The number of halogens is 2. The highest BCUT2D eigenvalue weighted by molar-refractivity contribution is 6.31. The minimum Gasteiger partial charge on any atom is -0.471 e. The summed E-state index contributed by atoms with van der Waals surface area (Å²) in [6.45, 7) is 3.33. The van der Waals surface area contributed by atoms with Gasteiger partial charge in [0.25, 0.3) is 0 Å². The number of benzene rings is 1. The third kappa shape index (κ3) is 4.59. The van der Waals surface area contributed by atoms with Gasteiger partial charge in [0.15, 0.2) is 6.29 Å². The van der Waals surface area contributed by atoms with E-state index in [-0.39, 0.29) is 11.7 Å². The average Bonchev–Trinajstić information content (AvgIpc) is 3.25. The zero-order valence-corrected chi connectivity index (χ0v) is 17.6. The van der Waals surface area contributed by atoms with Gasteiger partial charge in [-0.1, -0.05) is 18.5 Å². The molecule has 0 amide bonds. The Morgan fingerprint density at radius 3 is 2.90 bits per heavy atom. The zero-order chi connectivity index (χ0) is 21.8. The lowest BCUT2D eigenvalue weighted by Gasteiger charge is -2.21. The van der Waals surface area contributed by atoms with Crippen LogP contribution < -0.4 is 14.4 Å². The van der Waals surface area contributed by atoms with Crippen molar-refractivity contribution in [1.82, 2.24) is 15.0 Å². The van der Waals surface area contributed by atoms with Gasteiger partial charge in [0.05, 0.1) is 17.7 Å². The summed E-state index contributed by atoms with van der Waals surface area (Å²) in [7, 11) is 0. The van der Waals surface area contributed by atoms with Gasteiger partial charge in [-0.05, 0) is 36.8 Å². The maximum absolute atomic E-state index is 13.6. The average molecular weight is 443 g/mol. The zero-order valence-electron chi connectivity index (χ0n) is 16.8. The Morgan fingerprint density at radius 1 is 1.26 bits per heavy atom. The lowest BCUT2D eigenvalue weighted by Crippen LogP contribution is -2.26. The van der Waals surface area contributed by atoms with Gasteiger partial charge in [-0.15, -0.1) is 0 Å². The molecule has 3 aromatic rings. The second kappa shape index (κ2) is 9.26. The molecule has 1 unspecified atom stereocenters. The Labute approximate surface area is 183 Å². The summed E-state index contributed by atoms with van der Waals surface area (Å²) in [5.41, 5.74) is 0.744. The predicted molar refractivity (Wildman–Crippen MR) is 114 cm³/mol. The normalized spacial score (nSPS) is 15.7. The van der Waals surface area contributed by atoms with Crippen molar-refractivity contribution in [3.05, 3.63) is 64.8 Å². The summed E-state index contributed by atoms with van der Waals surface area (Å²) >= 11 is 6.15. The first-order valence-electron chi connectivity index (χ1n) is 9.87. The highest BCUT2D eigenvalue weighted by atomic mass is 35.5. The largest absolute Gasteiger partial charge is 0.471 e. The number of hydrogen-bond acceptors (Lipinski definition) is 7. The number of pyridine rings is 1. The van der Waals surface area contributed by atoms with E-state index in [0.29, 0.717) is 41.8 Å². The summed E-state index contributed by atoms with van der Waals surface area (Å²) in [6, 6.07) is 7.49. The van der Waals surface area contributed by atoms with Crippen LogP contribution in [-0.4, -0.2) is 40.4 Å². The first kappa shape index (κ1) is 21.0. The van der Waals surface area contributed by atoms with E-state index in [1.54, 1.807) is 18.3 Å². The number of nitrogens with zero attached hydrogens (tertiary/aromatic N) is 4. The third-order valence-corrected chi connectivity index (χ3v) is 5.28. The number of hydrogen-bond donors (Lipinski definition) is 0. The lowest BCUT2D eigenvalue weighted by molar-refractivity contribution is 0.111. The molecule has 1 saturated heterocycles. The quantitative estimate of drug-likeness (QED) is 0.499. The second-order valence-corrected chi connectivity index (χ2v) is 7.41. The van der Waals surface area contributed by atoms with Crippen molar-refractivity contribution < 1.29 is 18.7 Å². The molecule has 1 aromatic carbocycles. The second-order valence-electron chi connectivity index (χ2n) is 7.00. The monoisotopic (exact) mass is 442 g/mol. The molecule has 1 aliphatic heterocycles. The number of aldehydes is 1. The summed E-state index contributed by atoms with van der Waals surface area (Å²) in [4.78, 5) is 26.0. The fraction of sp³-hybridized carbons (Fsp3) is 0.273. The Bertz CT molecular complexity index is 1100. The van der Waals surface area contributed by atoms with Crippen LogP contribution in [0.25, 0.3) is 0 Å². The first-order chi connectivity index (χ1) is 15.1. The molecule has 4 rings (SSSR count). The van der Waals surface area contributed by atoms with Crippen molar-refractivity contribution in [3.8, 4) is 17.5 Å². The first-order valence-corrected chi connectivity index (χ1v) is 10.3. The summed E-state index contributed by atoms with van der Waals surface area (Å²) in [6.07, 6.45) is 4.86. The van der Waals surface area contributed by atoms with Crippen molar-refractivity contribution in [1.29, 1.82) is 0 Å². The molecule has 2 aromatic heterocycles. The Balaban J connectivity index is 1.53. The SMILES string of the molecule is CCc1c(Oc2ccc(F)c(C=O)c2)ncnc1N1CCC(Oc2ncccc2Cl)C1. The smallest absolute Gasteiger partial charge is 0.232 e. The standard InChI is InChI=1S/C22H20ClFN4O3/c1-2-17-20(28-9-7-16(11-28)31-22-18(23)4-3-8-25-22)26-13-27-21(17)30-15-5-6-19(24)14(10-15)12-29/h3-6,8,10,12-13,16H,2,7,9,11H2,1H3. The van der Waals surface area contributed by atoms with Crippen LogP contribution in [0.2, 0.25) is 5.02 Å². The van der Waals surface area contributed by atoms with Crippen LogP contribution in [-0.2, 0) is 6.42 Å². The van der Waals surface area contributed by atoms with Gasteiger partial charge < -0.3 is 14.4 Å². The van der Waals surface area contributed by atoms with Crippen LogP contribution in [0.1, 0.15) is 29.3 Å². The number of carbonyl (C=O) groups excluding carboxylic acids is 1.